The summed E-state index contributed by atoms with van der Waals surface area (Å²) in [7, 11) is 0. The van der Waals surface area contributed by atoms with Crippen LogP contribution in [0.3, 0.4) is 0 Å². The number of rotatable bonds is 2. The molecule has 0 radical (unpaired) electrons. The number of hydrogen-bond donors (Lipinski definition) is 1. The van der Waals surface area contributed by atoms with Crippen molar-refractivity contribution in [3.8, 4) is 0 Å². The van der Waals surface area contributed by atoms with Gasteiger partial charge in [0.15, 0.2) is 0 Å². The molecule has 1 aromatic carbocycles. The van der Waals surface area contributed by atoms with E-state index in [2.05, 4.69) is 4.89 Å². The maximum atomic E-state index is 11.5. The van der Waals surface area contributed by atoms with Gasteiger partial charge >= 0.3 is 5.97 Å². The predicted molar refractivity (Wildman–Crippen MR) is 57.4 cm³/mol. The second-order valence-corrected chi connectivity index (χ2v) is 4.62. The number of hydrogen-bond acceptors (Lipinski definition) is 3. The Morgan fingerprint density at radius 3 is 2.20 bits per heavy atom. The van der Waals surface area contributed by atoms with E-state index in [1.165, 1.54) is 0 Å². The number of carbonyl (C=O) groups excluding carboxylic acids is 1. The Balaban J connectivity index is 3.08. The molecule has 0 aromatic heterocycles. The molecule has 0 saturated carbocycles. The van der Waals surface area contributed by atoms with Crippen molar-refractivity contribution in [1.29, 1.82) is 0 Å². The van der Waals surface area contributed by atoms with E-state index in [9.17, 15) is 4.79 Å². The molecule has 82 valence electrons. The summed E-state index contributed by atoms with van der Waals surface area (Å²) in [6.45, 7) is 5.80. The average Bonchev–Trinajstić information content (AvgIpc) is 2.17. The molecule has 1 unspecified atom stereocenters. The lowest BCUT2D eigenvalue weighted by Crippen LogP contribution is -2.27. The van der Waals surface area contributed by atoms with E-state index >= 15 is 0 Å². The van der Waals surface area contributed by atoms with Gasteiger partial charge in [-0.05, 0) is 11.0 Å². The fraction of sp³-hybridized carbons (Fsp3) is 0.417. The van der Waals surface area contributed by atoms with Gasteiger partial charge in [0.2, 0.25) is 0 Å². The zero-order chi connectivity index (χ0) is 11.5. The lowest BCUT2D eigenvalue weighted by atomic mass is 9.76. The number of carbonyl (C=O) groups is 1. The average molecular weight is 208 g/mol. The van der Waals surface area contributed by atoms with E-state index in [4.69, 9.17) is 5.26 Å². The molecular formula is C12H16O3. The summed E-state index contributed by atoms with van der Waals surface area (Å²) >= 11 is 0. The molecule has 1 atom stereocenters. The van der Waals surface area contributed by atoms with Gasteiger partial charge in [-0.25, -0.2) is 4.79 Å². The van der Waals surface area contributed by atoms with Crippen molar-refractivity contribution in [2.24, 2.45) is 5.41 Å². The molecule has 0 spiro atoms. The first kappa shape index (κ1) is 11.7. The Bertz CT molecular complexity index is 324. The Morgan fingerprint density at radius 1 is 1.27 bits per heavy atom. The van der Waals surface area contributed by atoms with E-state index in [0.717, 1.165) is 5.56 Å². The second kappa shape index (κ2) is 4.45. The zero-order valence-corrected chi connectivity index (χ0v) is 9.23. The molecule has 3 nitrogen and oxygen atoms in total. The van der Waals surface area contributed by atoms with Crippen LogP contribution >= 0.6 is 0 Å². The van der Waals surface area contributed by atoms with Crippen molar-refractivity contribution >= 4 is 5.97 Å². The molecule has 0 bridgehead atoms. The normalized spacial score (nSPS) is 13.3. The third-order valence-corrected chi connectivity index (χ3v) is 2.32. The molecule has 0 aliphatic heterocycles. The van der Waals surface area contributed by atoms with Gasteiger partial charge in [-0.15, -0.1) is 0 Å². The molecule has 0 amide bonds. The highest BCUT2D eigenvalue weighted by Crippen LogP contribution is 2.35. The van der Waals surface area contributed by atoms with Crippen LogP contribution in [0.15, 0.2) is 30.3 Å². The lowest BCUT2D eigenvalue weighted by molar-refractivity contribution is -0.238. The van der Waals surface area contributed by atoms with Crippen molar-refractivity contribution in [3.63, 3.8) is 0 Å². The molecule has 0 aliphatic rings. The third-order valence-electron chi connectivity index (χ3n) is 2.32. The molecule has 0 heterocycles. The quantitative estimate of drug-likeness (QED) is 0.600. The summed E-state index contributed by atoms with van der Waals surface area (Å²) in [5.41, 5.74) is 0.560. The first-order valence-corrected chi connectivity index (χ1v) is 4.87. The van der Waals surface area contributed by atoms with Crippen LogP contribution in [0.25, 0.3) is 0 Å². The van der Waals surface area contributed by atoms with E-state index in [1.54, 1.807) is 0 Å². The molecule has 0 aliphatic carbocycles. The van der Waals surface area contributed by atoms with Gasteiger partial charge < -0.3 is 4.89 Å². The van der Waals surface area contributed by atoms with Crippen LogP contribution < -0.4 is 0 Å². The fourth-order valence-electron chi connectivity index (χ4n) is 1.69. The van der Waals surface area contributed by atoms with Crippen LogP contribution in [0, 0.1) is 5.41 Å². The van der Waals surface area contributed by atoms with Crippen molar-refractivity contribution in [3.05, 3.63) is 35.9 Å². The summed E-state index contributed by atoms with van der Waals surface area (Å²) in [6.07, 6.45) is 0. The highest BCUT2D eigenvalue weighted by Gasteiger charge is 2.34. The molecule has 0 fully saturated rings. The van der Waals surface area contributed by atoms with Gasteiger partial charge in [0.25, 0.3) is 0 Å². The van der Waals surface area contributed by atoms with Crippen LogP contribution in [-0.2, 0) is 9.68 Å². The largest absolute Gasteiger partial charge is 0.349 e. The molecular weight excluding hydrogens is 192 g/mol. The van der Waals surface area contributed by atoms with Crippen molar-refractivity contribution in [2.75, 3.05) is 0 Å². The fourth-order valence-corrected chi connectivity index (χ4v) is 1.69. The minimum Gasteiger partial charge on any atom is -0.300 e. The third kappa shape index (κ3) is 2.80. The zero-order valence-electron chi connectivity index (χ0n) is 9.23. The summed E-state index contributed by atoms with van der Waals surface area (Å²) < 4.78 is 0. The van der Waals surface area contributed by atoms with Gasteiger partial charge in [-0.1, -0.05) is 51.1 Å². The summed E-state index contributed by atoms with van der Waals surface area (Å²) in [4.78, 5) is 15.3. The van der Waals surface area contributed by atoms with Gasteiger partial charge in [-0.2, -0.15) is 5.26 Å². The lowest BCUT2D eigenvalue weighted by Gasteiger charge is -2.27. The second-order valence-electron chi connectivity index (χ2n) is 4.62. The maximum Gasteiger partial charge on any atom is 0.349 e. The summed E-state index contributed by atoms with van der Waals surface area (Å²) in [5.74, 6) is -1.07. The van der Waals surface area contributed by atoms with Crippen LogP contribution in [0.4, 0.5) is 0 Å². The monoisotopic (exact) mass is 208 g/mol. The SMILES string of the molecule is CC(C)(C)C(C(=O)OO)c1ccccc1. The predicted octanol–water partition coefficient (Wildman–Crippen LogP) is 2.83. The van der Waals surface area contributed by atoms with Gasteiger partial charge in [-0.3, -0.25) is 0 Å². The van der Waals surface area contributed by atoms with E-state index in [1.807, 2.05) is 51.1 Å². The standard InChI is InChI=1S/C12H16O3/c1-12(2,3)10(11(13)15-14)9-7-5-4-6-8-9/h4-8,10,14H,1-3H3. The van der Waals surface area contributed by atoms with Crippen molar-refractivity contribution < 1.29 is 14.9 Å². The number of benzene rings is 1. The summed E-state index contributed by atoms with van der Waals surface area (Å²) in [6, 6.07) is 9.31. The summed E-state index contributed by atoms with van der Waals surface area (Å²) in [5, 5.41) is 8.48. The van der Waals surface area contributed by atoms with Crippen LogP contribution in [0.5, 0.6) is 0 Å². The van der Waals surface area contributed by atoms with E-state index < -0.39 is 11.9 Å². The van der Waals surface area contributed by atoms with Crippen molar-refractivity contribution in [1.82, 2.24) is 0 Å². The van der Waals surface area contributed by atoms with Crippen LogP contribution in [0.1, 0.15) is 32.3 Å². The molecule has 3 heteroatoms. The minimum atomic E-state index is -0.617. The highest BCUT2D eigenvalue weighted by atomic mass is 17.1. The van der Waals surface area contributed by atoms with Crippen LogP contribution in [0.2, 0.25) is 0 Å². The van der Waals surface area contributed by atoms with Crippen LogP contribution in [-0.4, -0.2) is 11.2 Å². The Labute approximate surface area is 89.6 Å². The Kier molecular flexibility index (Phi) is 3.48. The molecule has 15 heavy (non-hydrogen) atoms. The van der Waals surface area contributed by atoms with E-state index in [-0.39, 0.29) is 5.41 Å². The first-order chi connectivity index (χ1) is 6.96. The Morgan fingerprint density at radius 2 is 1.80 bits per heavy atom. The molecule has 1 rings (SSSR count). The minimum absolute atomic E-state index is 0.291. The highest BCUT2D eigenvalue weighted by molar-refractivity contribution is 5.78. The van der Waals surface area contributed by atoms with E-state index in [0.29, 0.717) is 0 Å². The smallest absolute Gasteiger partial charge is 0.300 e. The van der Waals surface area contributed by atoms with Crippen molar-refractivity contribution in [2.45, 2.75) is 26.7 Å². The van der Waals surface area contributed by atoms with Gasteiger partial charge in [0, 0.05) is 0 Å². The van der Waals surface area contributed by atoms with Gasteiger partial charge in [0.1, 0.15) is 0 Å². The molecule has 0 saturated heterocycles. The van der Waals surface area contributed by atoms with Gasteiger partial charge in [0.05, 0.1) is 5.92 Å². The first-order valence-electron chi connectivity index (χ1n) is 4.87. The Hall–Kier alpha value is -1.35. The molecule has 1 aromatic rings. The maximum absolute atomic E-state index is 11.5. The molecule has 1 N–H and O–H groups in total. The topological polar surface area (TPSA) is 46.5 Å².